The van der Waals surface area contributed by atoms with E-state index in [1.165, 1.54) is 38.2 Å². The van der Waals surface area contributed by atoms with Gasteiger partial charge in [0.1, 0.15) is 17.6 Å². The molecule has 2 aromatic rings. The van der Waals surface area contributed by atoms with Gasteiger partial charge < -0.3 is 26.0 Å². The molecule has 1 saturated carbocycles. The van der Waals surface area contributed by atoms with Crippen molar-refractivity contribution < 1.29 is 18.7 Å². The van der Waals surface area contributed by atoms with Crippen LogP contribution in [0.1, 0.15) is 80.1 Å². The van der Waals surface area contributed by atoms with E-state index >= 15 is 0 Å². The van der Waals surface area contributed by atoms with E-state index < -0.39 is 6.04 Å². The number of unbranched alkanes of at least 4 members (excludes halogenated alkanes) is 1. The molecule has 7 nitrogen and oxygen atoms in total. The third-order valence-corrected chi connectivity index (χ3v) is 8.37. The molecule has 4 N–H and O–H groups in total. The molecule has 0 spiro atoms. The molecule has 1 aliphatic carbocycles. The van der Waals surface area contributed by atoms with Crippen LogP contribution in [0.2, 0.25) is 0 Å². The summed E-state index contributed by atoms with van der Waals surface area (Å²) in [6, 6.07) is 11.2. The number of benzene rings is 2. The normalized spacial score (nSPS) is 16.7. The van der Waals surface area contributed by atoms with Crippen LogP contribution in [0.3, 0.4) is 0 Å². The van der Waals surface area contributed by atoms with Gasteiger partial charge in [0.15, 0.2) is 0 Å². The Bertz CT molecular complexity index is 1120. The number of methoxy groups -OCH3 is 1. The van der Waals surface area contributed by atoms with Crippen LogP contribution in [0.4, 0.5) is 10.1 Å². The number of hydrogen-bond donors (Lipinski definition) is 3. The first-order valence-electron chi connectivity index (χ1n) is 15.0. The van der Waals surface area contributed by atoms with Crippen LogP contribution in [0.15, 0.2) is 42.5 Å². The van der Waals surface area contributed by atoms with Crippen LogP contribution in [0, 0.1) is 11.7 Å². The number of nitrogens with zero attached hydrogens (tertiary/aromatic N) is 1. The Hall–Kier alpha value is -3.13. The zero-order valence-corrected chi connectivity index (χ0v) is 23.8. The molecule has 0 radical (unpaired) electrons. The Balaban J connectivity index is 1.46. The standard InChI is InChI=1S/C32H45FN4O3/c1-40-28-12-7-10-25(21-28)31(38)36-29(15-13-23-8-3-2-4-9-23)32(39)35-27(11-5-6-18-34)22-37-19-17-24-20-26(33)14-16-30(24)37/h7,10,12,14,16,20-21,23,27,29H,2-6,8-9,11,13,15,17-19,22,34H2,1H3,(H,35,39)(H,36,38)/t27-,29?/m0/s1. The maximum atomic E-state index is 13.8. The summed E-state index contributed by atoms with van der Waals surface area (Å²) < 4.78 is 19.1. The van der Waals surface area contributed by atoms with Crippen molar-refractivity contribution in [2.24, 2.45) is 11.7 Å². The van der Waals surface area contributed by atoms with Gasteiger partial charge in [-0.3, -0.25) is 9.59 Å². The van der Waals surface area contributed by atoms with Crippen LogP contribution in [-0.2, 0) is 11.2 Å². The number of nitrogens with one attached hydrogen (secondary N) is 2. The summed E-state index contributed by atoms with van der Waals surface area (Å²) in [7, 11) is 1.57. The highest BCUT2D eigenvalue weighted by molar-refractivity contribution is 5.97. The number of ether oxygens (including phenoxy) is 1. The van der Waals surface area contributed by atoms with Crippen LogP contribution in [0.5, 0.6) is 5.75 Å². The quantitative estimate of drug-likeness (QED) is 0.288. The summed E-state index contributed by atoms with van der Waals surface area (Å²) in [6.07, 6.45) is 11.0. The van der Waals surface area contributed by atoms with Gasteiger partial charge in [-0.25, -0.2) is 4.39 Å². The minimum Gasteiger partial charge on any atom is -0.497 e. The fourth-order valence-electron chi connectivity index (χ4n) is 6.09. The number of carbonyl (C=O) groups is 2. The Kier molecular flexibility index (Phi) is 11.2. The second-order valence-corrected chi connectivity index (χ2v) is 11.3. The van der Waals surface area contributed by atoms with Crippen LogP contribution in [0.25, 0.3) is 0 Å². The molecule has 1 unspecified atom stereocenters. The monoisotopic (exact) mass is 552 g/mol. The lowest BCUT2D eigenvalue weighted by atomic mass is 9.85. The highest BCUT2D eigenvalue weighted by Gasteiger charge is 2.28. The predicted molar refractivity (Wildman–Crippen MR) is 157 cm³/mol. The zero-order valence-electron chi connectivity index (χ0n) is 23.8. The zero-order chi connectivity index (χ0) is 28.3. The van der Waals surface area contributed by atoms with Gasteiger partial charge in [0, 0.05) is 30.4 Å². The summed E-state index contributed by atoms with van der Waals surface area (Å²) in [5, 5.41) is 6.31. The second kappa shape index (κ2) is 15.0. The van der Waals surface area contributed by atoms with Crippen LogP contribution >= 0.6 is 0 Å². The van der Waals surface area contributed by atoms with Crippen molar-refractivity contribution in [3.05, 3.63) is 59.4 Å². The van der Waals surface area contributed by atoms with Crippen molar-refractivity contribution in [1.29, 1.82) is 0 Å². The molecular formula is C32H45FN4O3. The summed E-state index contributed by atoms with van der Waals surface area (Å²) in [4.78, 5) is 29.2. The van der Waals surface area contributed by atoms with E-state index in [2.05, 4.69) is 15.5 Å². The fraction of sp³-hybridized carbons (Fsp3) is 0.562. The largest absolute Gasteiger partial charge is 0.497 e. The molecule has 2 atom stereocenters. The summed E-state index contributed by atoms with van der Waals surface area (Å²) in [6.45, 7) is 2.03. The first-order chi connectivity index (χ1) is 19.5. The van der Waals surface area contributed by atoms with Gasteiger partial charge in [-0.2, -0.15) is 0 Å². The molecule has 40 heavy (non-hydrogen) atoms. The van der Waals surface area contributed by atoms with Crippen molar-refractivity contribution in [3.8, 4) is 5.75 Å². The van der Waals surface area contributed by atoms with E-state index in [9.17, 15) is 14.0 Å². The average molecular weight is 553 g/mol. The van der Waals surface area contributed by atoms with Gasteiger partial charge in [0.2, 0.25) is 5.91 Å². The molecule has 2 aromatic carbocycles. The van der Waals surface area contributed by atoms with Gasteiger partial charge in [-0.05, 0) is 86.5 Å². The summed E-state index contributed by atoms with van der Waals surface area (Å²) in [5.41, 5.74) is 8.25. The fourth-order valence-corrected chi connectivity index (χ4v) is 6.09. The van der Waals surface area contributed by atoms with E-state index in [0.717, 1.165) is 49.9 Å². The molecule has 8 heteroatoms. The number of rotatable bonds is 14. The molecule has 218 valence electrons. The molecule has 1 fully saturated rings. The Labute approximate surface area is 238 Å². The number of hydrogen-bond acceptors (Lipinski definition) is 5. The lowest BCUT2D eigenvalue weighted by molar-refractivity contribution is -0.123. The highest BCUT2D eigenvalue weighted by atomic mass is 19.1. The first-order valence-corrected chi connectivity index (χ1v) is 15.0. The van der Waals surface area contributed by atoms with Crippen molar-refractivity contribution in [2.75, 3.05) is 31.6 Å². The number of carbonyl (C=O) groups excluding carboxylic acids is 2. The lowest BCUT2D eigenvalue weighted by Crippen LogP contribution is -2.52. The molecule has 0 aromatic heterocycles. The molecule has 0 bridgehead atoms. The number of halogens is 1. The van der Waals surface area contributed by atoms with Gasteiger partial charge in [0.05, 0.1) is 7.11 Å². The van der Waals surface area contributed by atoms with Crippen LogP contribution < -0.4 is 26.0 Å². The molecular weight excluding hydrogens is 507 g/mol. The van der Waals surface area contributed by atoms with Gasteiger partial charge in [0.25, 0.3) is 5.91 Å². The lowest BCUT2D eigenvalue weighted by Gasteiger charge is -2.29. The second-order valence-electron chi connectivity index (χ2n) is 11.3. The van der Waals surface area contributed by atoms with Gasteiger partial charge in [-0.15, -0.1) is 0 Å². The number of nitrogens with two attached hydrogens (primary N) is 1. The topological polar surface area (TPSA) is 96.7 Å². The van der Waals surface area contributed by atoms with Crippen molar-refractivity contribution in [1.82, 2.24) is 10.6 Å². The van der Waals surface area contributed by atoms with E-state index in [1.807, 2.05) is 6.07 Å². The minimum absolute atomic E-state index is 0.110. The smallest absolute Gasteiger partial charge is 0.252 e. The molecule has 0 saturated heterocycles. The summed E-state index contributed by atoms with van der Waals surface area (Å²) in [5.74, 6) is 0.545. The molecule has 1 aliphatic heterocycles. The Morgan fingerprint density at radius 3 is 2.67 bits per heavy atom. The van der Waals surface area contributed by atoms with Crippen molar-refractivity contribution in [3.63, 3.8) is 0 Å². The van der Waals surface area contributed by atoms with Gasteiger partial charge in [-0.1, -0.05) is 44.6 Å². The molecule has 4 rings (SSSR count). The minimum atomic E-state index is -0.627. The third-order valence-electron chi connectivity index (χ3n) is 8.37. The van der Waals surface area contributed by atoms with Crippen molar-refractivity contribution >= 4 is 17.5 Å². The van der Waals surface area contributed by atoms with E-state index in [1.54, 1.807) is 37.4 Å². The van der Waals surface area contributed by atoms with Gasteiger partial charge >= 0.3 is 0 Å². The third kappa shape index (κ3) is 8.43. The molecule has 1 heterocycles. The maximum Gasteiger partial charge on any atom is 0.252 e. The predicted octanol–water partition coefficient (Wildman–Crippen LogP) is 4.97. The van der Waals surface area contributed by atoms with E-state index in [4.69, 9.17) is 10.5 Å². The van der Waals surface area contributed by atoms with E-state index in [-0.39, 0.29) is 23.7 Å². The SMILES string of the molecule is COc1cccc(C(=O)NC(CCC2CCCCC2)C(=O)N[C@@H](CCCCN)CN2CCc3cc(F)ccc32)c1. The first kappa shape index (κ1) is 29.8. The Morgan fingerprint density at radius 2 is 1.90 bits per heavy atom. The maximum absolute atomic E-state index is 13.8. The average Bonchev–Trinajstić information content (AvgIpc) is 3.36. The number of amides is 2. The van der Waals surface area contributed by atoms with Crippen molar-refractivity contribution in [2.45, 2.75) is 82.7 Å². The van der Waals surface area contributed by atoms with Crippen LogP contribution in [-0.4, -0.2) is 50.6 Å². The number of fused-ring (bicyclic) bond motifs is 1. The van der Waals surface area contributed by atoms with E-state index in [0.29, 0.717) is 36.7 Å². The Morgan fingerprint density at radius 1 is 1.07 bits per heavy atom. The highest BCUT2D eigenvalue weighted by Crippen LogP contribution is 2.30. The number of anilines is 1. The molecule has 2 aliphatic rings. The molecule has 2 amide bonds. The summed E-state index contributed by atoms with van der Waals surface area (Å²) >= 11 is 0.